The van der Waals surface area contributed by atoms with Crippen molar-refractivity contribution < 1.29 is 4.63 Å². The molecule has 0 amide bonds. The number of aromatic nitrogens is 2. The van der Waals surface area contributed by atoms with Crippen molar-refractivity contribution in [3.63, 3.8) is 0 Å². The van der Waals surface area contributed by atoms with Gasteiger partial charge in [0.1, 0.15) is 5.69 Å². The summed E-state index contributed by atoms with van der Waals surface area (Å²) in [5, 5.41) is 8.72. The Morgan fingerprint density at radius 3 is 2.17 bits per heavy atom. The average molecular weight is 254 g/mol. The van der Waals surface area contributed by atoms with Gasteiger partial charge in [0.25, 0.3) is 0 Å². The van der Waals surface area contributed by atoms with Gasteiger partial charge in [-0.2, -0.15) is 0 Å². The average Bonchev–Trinajstić information content (AvgIpc) is 2.89. The van der Waals surface area contributed by atoms with Gasteiger partial charge in [-0.3, -0.25) is 0 Å². The summed E-state index contributed by atoms with van der Waals surface area (Å²) in [7, 11) is 0. The molecule has 88 valence electrons. The van der Waals surface area contributed by atoms with Crippen molar-refractivity contribution in [2.75, 3.05) is 0 Å². The predicted molar refractivity (Wildman–Crippen MR) is 70.3 cm³/mol. The number of hydrogen-bond donors (Lipinski definition) is 0. The van der Waals surface area contributed by atoms with Crippen molar-refractivity contribution in [1.29, 1.82) is 0 Å². The SMILES string of the molecule is c1ccc(Sc2nonc2-c2ccccc2)cc1. The largest absolute Gasteiger partial charge is 0.243 e. The summed E-state index contributed by atoms with van der Waals surface area (Å²) in [6, 6.07) is 20.0. The van der Waals surface area contributed by atoms with E-state index in [4.69, 9.17) is 4.63 Å². The Bertz CT molecular complexity index is 623. The molecule has 3 nitrogen and oxygen atoms in total. The molecular formula is C14H10N2OS. The topological polar surface area (TPSA) is 38.9 Å². The van der Waals surface area contributed by atoms with Crippen LogP contribution in [0.3, 0.4) is 0 Å². The second-order valence-electron chi connectivity index (χ2n) is 3.70. The van der Waals surface area contributed by atoms with E-state index in [1.165, 1.54) is 0 Å². The molecule has 3 aromatic rings. The molecule has 0 aliphatic heterocycles. The molecule has 0 unspecified atom stereocenters. The Morgan fingerprint density at radius 2 is 1.44 bits per heavy atom. The smallest absolute Gasteiger partial charge is 0.173 e. The fourth-order valence-electron chi connectivity index (χ4n) is 1.62. The second kappa shape index (κ2) is 5.06. The third kappa shape index (κ3) is 2.28. The minimum absolute atomic E-state index is 0.782. The highest BCUT2D eigenvalue weighted by molar-refractivity contribution is 7.99. The van der Waals surface area contributed by atoms with E-state index in [-0.39, 0.29) is 0 Å². The molecular weight excluding hydrogens is 244 g/mol. The van der Waals surface area contributed by atoms with Crippen LogP contribution in [0.1, 0.15) is 0 Å². The molecule has 0 atom stereocenters. The van der Waals surface area contributed by atoms with E-state index >= 15 is 0 Å². The van der Waals surface area contributed by atoms with Crippen LogP contribution in [-0.4, -0.2) is 10.3 Å². The zero-order valence-electron chi connectivity index (χ0n) is 9.48. The maximum Gasteiger partial charge on any atom is 0.173 e. The van der Waals surface area contributed by atoms with Gasteiger partial charge in [0, 0.05) is 10.5 Å². The highest BCUT2D eigenvalue weighted by Gasteiger charge is 2.13. The third-order valence-electron chi connectivity index (χ3n) is 2.46. The van der Waals surface area contributed by atoms with Crippen molar-refractivity contribution in [3.05, 3.63) is 60.7 Å². The maximum atomic E-state index is 4.85. The fraction of sp³-hybridized carbons (Fsp3) is 0. The molecule has 0 saturated heterocycles. The Morgan fingerprint density at radius 1 is 0.778 bits per heavy atom. The van der Waals surface area contributed by atoms with Gasteiger partial charge in [-0.05, 0) is 22.4 Å². The molecule has 0 fully saturated rings. The van der Waals surface area contributed by atoms with Crippen molar-refractivity contribution in [1.82, 2.24) is 10.3 Å². The summed E-state index contributed by atoms with van der Waals surface area (Å²) in [6.45, 7) is 0. The Labute approximate surface area is 109 Å². The van der Waals surface area contributed by atoms with E-state index in [1.54, 1.807) is 11.8 Å². The molecule has 2 aromatic carbocycles. The summed E-state index contributed by atoms with van der Waals surface area (Å²) in [5.74, 6) is 0. The van der Waals surface area contributed by atoms with Crippen LogP contribution in [0, 0.1) is 0 Å². The van der Waals surface area contributed by atoms with E-state index in [2.05, 4.69) is 10.3 Å². The van der Waals surface area contributed by atoms with Crippen molar-refractivity contribution in [2.24, 2.45) is 0 Å². The third-order valence-corrected chi connectivity index (χ3v) is 3.43. The second-order valence-corrected chi connectivity index (χ2v) is 4.76. The first-order chi connectivity index (χ1) is 8.93. The molecule has 1 heterocycles. The summed E-state index contributed by atoms with van der Waals surface area (Å²) in [4.78, 5) is 1.12. The molecule has 0 saturated carbocycles. The van der Waals surface area contributed by atoms with Crippen LogP contribution in [0.4, 0.5) is 0 Å². The van der Waals surface area contributed by atoms with E-state index in [1.807, 2.05) is 60.7 Å². The lowest BCUT2D eigenvalue weighted by molar-refractivity contribution is 0.299. The molecule has 0 radical (unpaired) electrons. The summed E-state index contributed by atoms with van der Waals surface area (Å²) in [6.07, 6.45) is 0. The lowest BCUT2D eigenvalue weighted by atomic mass is 10.2. The lowest BCUT2D eigenvalue weighted by Gasteiger charge is -1.99. The van der Waals surface area contributed by atoms with Crippen LogP contribution in [0.25, 0.3) is 11.3 Å². The Kier molecular flexibility index (Phi) is 3.10. The van der Waals surface area contributed by atoms with Crippen molar-refractivity contribution in [3.8, 4) is 11.3 Å². The lowest BCUT2D eigenvalue weighted by Crippen LogP contribution is -1.80. The monoisotopic (exact) mass is 254 g/mol. The normalized spacial score (nSPS) is 10.4. The first-order valence-corrected chi connectivity index (χ1v) is 6.36. The first kappa shape index (κ1) is 11.0. The van der Waals surface area contributed by atoms with Gasteiger partial charge in [-0.1, -0.05) is 60.3 Å². The van der Waals surface area contributed by atoms with E-state index in [9.17, 15) is 0 Å². The van der Waals surface area contributed by atoms with Crippen LogP contribution in [-0.2, 0) is 0 Å². The predicted octanol–water partition coefficient (Wildman–Crippen LogP) is 3.89. The minimum atomic E-state index is 0.782. The molecule has 0 spiro atoms. The molecule has 0 aliphatic carbocycles. The molecule has 3 rings (SSSR count). The zero-order valence-corrected chi connectivity index (χ0v) is 10.3. The Balaban J connectivity index is 1.93. The van der Waals surface area contributed by atoms with Gasteiger partial charge >= 0.3 is 0 Å². The summed E-state index contributed by atoms with van der Waals surface area (Å²) >= 11 is 1.55. The van der Waals surface area contributed by atoms with Crippen LogP contribution in [0.2, 0.25) is 0 Å². The fourth-order valence-corrected chi connectivity index (χ4v) is 2.46. The molecule has 0 bridgehead atoms. The van der Waals surface area contributed by atoms with E-state index in [0.717, 1.165) is 21.2 Å². The highest BCUT2D eigenvalue weighted by atomic mass is 32.2. The number of rotatable bonds is 3. The van der Waals surface area contributed by atoms with Crippen LogP contribution >= 0.6 is 11.8 Å². The van der Waals surface area contributed by atoms with Crippen molar-refractivity contribution in [2.45, 2.75) is 9.92 Å². The number of hydrogen-bond acceptors (Lipinski definition) is 4. The zero-order chi connectivity index (χ0) is 12.2. The standard InChI is InChI=1S/C14H10N2OS/c1-3-7-11(8-4-1)13-14(16-17-15-13)18-12-9-5-2-6-10-12/h1-10H. The van der Waals surface area contributed by atoms with E-state index < -0.39 is 0 Å². The van der Waals surface area contributed by atoms with E-state index in [0.29, 0.717) is 0 Å². The van der Waals surface area contributed by atoms with Crippen LogP contribution in [0.15, 0.2) is 75.2 Å². The Hall–Kier alpha value is -2.07. The van der Waals surface area contributed by atoms with Crippen LogP contribution < -0.4 is 0 Å². The summed E-state index contributed by atoms with van der Waals surface area (Å²) in [5.41, 5.74) is 1.79. The molecule has 1 aromatic heterocycles. The molecule has 0 N–H and O–H groups in total. The van der Waals surface area contributed by atoms with Gasteiger partial charge < -0.3 is 0 Å². The van der Waals surface area contributed by atoms with Gasteiger partial charge in [-0.25, -0.2) is 4.63 Å². The minimum Gasteiger partial charge on any atom is -0.243 e. The van der Waals surface area contributed by atoms with Gasteiger partial charge in [0.15, 0.2) is 5.03 Å². The molecule has 4 heteroatoms. The van der Waals surface area contributed by atoms with Gasteiger partial charge in [0.2, 0.25) is 0 Å². The number of nitrogens with zero attached hydrogens (tertiary/aromatic N) is 2. The molecule has 0 aliphatic rings. The quantitative estimate of drug-likeness (QED) is 0.710. The van der Waals surface area contributed by atoms with Crippen molar-refractivity contribution >= 4 is 11.8 Å². The maximum absolute atomic E-state index is 4.85. The first-order valence-electron chi connectivity index (χ1n) is 5.54. The van der Waals surface area contributed by atoms with Gasteiger partial charge in [0.05, 0.1) is 0 Å². The van der Waals surface area contributed by atoms with Crippen LogP contribution in [0.5, 0.6) is 0 Å². The van der Waals surface area contributed by atoms with Gasteiger partial charge in [-0.15, -0.1) is 0 Å². The highest BCUT2D eigenvalue weighted by Crippen LogP contribution is 2.32. The number of benzene rings is 2. The molecule has 18 heavy (non-hydrogen) atoms. The summed E-state index contributed by atoms with van der Waals surface area (Å²) < 4.78 is 4.85.